The van der Waals surface area contributed by atoms with E-state index in [2.05, 4.69) is 15.0 Å². The molecule has 0 unspecified atom stereocenters. The molecule has 0 amide bonds. The second-order valence-electron chi connectivity index (χ2n) is 3.02. The number of aromatic nitrogens is 3. The maximum atomic E-state index is 12.1. The van der Waals surface area contributed by atoms with Gasteiger partial charge in [-0.25, -0.2) is 9.48 Å². The van der Waals surface area contributed by atoms with Gasteiger partial charge in [-0.15, -0.1) is 5.10 Å². The van der Waals surface area contributed by atoms with E-state index < -0.39 is 18.7 Å². The van der Waals surface area contributed by atoms with Crippen molar-refractivity contribution in [3.8, 4) is 0 Å². The summed E-state index contributed by atoms with van der Waals surface area (Å²) >= 11 is 0. The van der Waals surface area contributed by atoms with Gasteiger partial charge in [0.25, 0.3) is 0 Å². The second-order valence-corrected chi connectivity index (χ2v) is 3.02. The quantitative estimate of drug-likeness (QED) is 0.744. The van der Waals surface area contributed by atoms with Crippen LogP contribution in [0.2, 0.25) is 0 Å². The van der Waals surface area contributed by atoms with Crippen LogP contribution in [0.4, 0.5) is 13.2 Å². The van der Waals surface area contributed by atoms with E-state index in [9.17, 15) is 18.0 Å². The van der Waals surface area contributed by atoms with Crippen LogP contribution in [0, 0.1) is 6.92 Å². The molecule has 1 aromatic rings. The Kier molecular flexibility index (Phi) is 3.51. The van der Waals surface area contributed by atoms with Crippen LogP contribution >= 0.6 is 0 Å². The topological polar surface area (TPSA) is 57.0 Å². The Hall–Kier alpha value is -1.60. The Balaban J connectivity index is 2.88. The third-order valence-electron chi connectivity index (χ3n) is 1.78. The summed E-state index contributed by atoms with van der Waals surface area (Å²) in [6, 6.07) is 0. The lowest BCUT2D eigenvalue weighted by Gasteiger charge is -2.06. The first-order chi connectivity index (χ1) is 7.35. The molecule has 5 nitrogen and oxygen atoms in total. The zero-order chi connectivity index (χ0) is 12.3. The van der Waals surface area contributed by atoms with Crippen LogP contribution in [0.1, 0.15) is 23.1 Å². The normalized spacial score (nSPS) is 11.6. The summed E-state index contributed by atoms with van der Waals surface area (Å²) in [6.45, 7) is 1.78. The van der Waals surface area contributed by atoms with E-state index in [1.165, 1.54) is 6.92 Å². The maximum Gasteiger partial charge on any atom is 0.408 e. The molecule has 0 saturated carbocycles. The molecule has 8 heteroatoms. The van der Waals surface area contributed by atoms with Gasteiger partial charge in [0.05, 0.1) is 12.3 Å². The highest BCUT2D eigenvalue weighted by Gasteiger charge is 2.30. The van der Waals surface area contributed by atoms with E-state index in [4.69, 9.17) is 0 Å². The molecular weight excluding hydrogens is 227 g/mol. The zero-order valence-electron chi connectivity index (χ0n) is 8.71. The second kappa shape index (κ2) is 4.50. The molecule has 16 heavy (non-hydrogen) atoms. The number of esters is 1. The zero-order valence-corrected chi connectivity index (χ0v) is 8.71. The van der Waals surface area contributed by atoms with Crippen LogP contribution in [0.25, 0.3) is 0 Å². The van der Waals surface area contributed by atoms with Gasteiger partial charge in [0.2, 0.25) is 0 Å². The summed E-state index contributed by atoms with van der Waals surface area (Å²) in [7, 11) is 0. The molecule has 0 fully saturated rings. The largest absolute Gasteiger partial charge is 0.461 e. The minimum atomic E-state index is -4.40. The number of nitrogens with zero attached hydrogens (tertiary/aromatic N) is 3. The highest BCUT2D eigenvalue weighted by molar-refractivity contribution is 5.88. The molecule has 0 aliphatic rings. The number of hydrogen-bond acceptors (Lipinski definition) is 4. The lowest BCUT2D eigenvalue weighted by molar-refractivity contribution is -0.143. The van der Waals surface area contributed by atoms with Gasteiger partial charge in [-0.2, -0.15) is 13.2 Å². The Labute approximate surface area is 89.2 Å². The lowest BCUT2D eigenvalue weighted by atomic mass is 10.3. The molecule has 0 spiro atoms. The maximum absolute atomic E-state index is 12.1. The Bertz CT molecular complexity index is 386. The van der Waals surface area contributed by atoms with E-state index in [1.54, 1.807) is 6.92 Å². The van der Waals surface area contributed by atoms with Crippen LogP contribution in [0.3, 0.4) is 0 Å². The van der Waals surface area contributed by atoms with Crippen molar-refractivity contribution < 1.29 is 22.7 Å². The SMILES string of the molecule is CCOC(=O)c1nnn(CC(F)(F)F)c1C. The molecular formula is C8H10F3N3O2. The average molecular weight is 237 g/mol. The molecule has 0 N–H and O–H groups in total. The van der Waals surface area contributed by atoms with Gasteiger partial charge in [-0.1, -0.05) is 5.21 Å². The smallest absolute Gasteiger partial charge is 0.408 e. The van der Waals surface area contributed by atoms with E-state index in [1.807, 2.05) is 0 Å². The van der Waals surface area contributed by atoms with Crippen molar-refractivity contribution in [1.82, 2.24) is 15.0 Å². The third-order valence-corrected chi connectivity index (χ3v) is 1.78. The van der Waals surface area contributed by atoms with Crippen molar-refractivity contribution in [3.05, 3.63) is 11.4 Å². The van der Waals surface area contributed by atoms with Crippen molar-refractivity contribution in [2.45, 2.75) is 26.6 Å². The van der Waals surface area contributed by atoms with E-state index in [-0.39, 0.29) is 18.0 Å². The number of ether oxygens (including phenoxy) is 1. The van der Waals surface area contributed by atoms with Gasteiger partial charge < -0.3 is 4.74 Å². The fraction of sp³-hybridized carbons (Fsp3) is 0.625. The highest BCUT2D eigenvalue weighted by Crippen LogP contribution is 2.18. The molecule has 0 aromatic carbocycles. The minimum Gasteiger partial charge on any atom is -0.461 e. The number of rotatable bonds is 3. The van der Waals surface area contributed by atoms with Crippen LogP contribution in [0.15, 0.2) is 0 Å². The molecule has 0 aliphatic carbocycles. The van der Waals surface area contributed by atoms with Crippen molar-refractivity contribution in [2.24, 2.45) is 0 Å². The monoisotopic (exact) mass is 237 g/mol. The fourth-order valence-electron chi connectivity index (χ4n) is 1.07. The molecule has 0 radical (unpaired) electrons. The predicted octanol–water partition coefficient (Wildman–Crippen LogP) is 1.33. The van der Waals surface area contributed by atoms with Gasteiger partial charge in [-0.05, 0) is 13.8 Å². The first kappa shape index (κ1) is 12.5. The summed E-state index contributed by atoms with van der Waals surface area (Å²) in [5.74, 6) is -0.770. The third kappa shape index (κ3) is 2.94. The first-order valence-electron chi connectivity index (χ1n) is 4.49. The van der Waals surface area contributed by atoms with Gasteiger partial charge in [0.1, 0.15) is 6.54 Å². The average Bonchev–Trinajstić information content (AvgIpc) is 2.46. The van der Waals surface area contributed by atoms with Crippen molar-refractivity contribution in [3.63, 3.8) is 0 Å². The molecule has 0 aliphatic heterocycles. The van der Waals surface area contributed by atoms with Gasteiger partial charge in [-0.3, -0.25) is 0 Å². The minimum absolute atomic E-state index is 0.0378. The summed E-state index contributed by atoms with van der Waals surface area (Å²) < 4.78 is 41.5. The molecule has 1 heterocycles. The van der Waals surface area contributed by atoms with E-state index in [0.29, 0.717) is 4.68 Å². The summed E-state index contributed by atoms with van der Waals surface area (Å²) in [5, 5.41) is 6.61. The summed E-state index contributed by atoms with van der Waals surface area (Å²) in [5.41, 5.74) is -0.151. The standard InChI is InChI=1S/C8H10F3N3O2/c1-3-16-7(15)6-5(2)14(13-12-6)4-8(9,10)11/h3-4H2,1-2H3. The number of carbonyl (C=O) groups is 1. The van der Waals surface area contributed by atoms with E-state index in [0.717, 1.165) is 0 Å². The molecule has 1 aromatic heterocycles. The highest BCUT2D eigenvalue weighted by atomic mass is 19.4. The van der Waals surface area contributed by atoms with Gasteiger partial charge in [0.15, 0.2) is 5.69 Å². The predicted molar refractivity (Wildman–Crippen MR) is 46.8 cm³/mol. The van der Waals surface area contributed by atoms with E-state index >= 15 is 0 Å². The van der Waals surface area contributed by atoms with Crippen LogP contribution in [-0.2, 0) is 11.3 Å². The first-order valence-corrected chi connectivity index (χ1v) is 4.49. The summed E-state index contributed by atoms with van der Waals surface area (Å²) in [4.78, 5) is 11.2. The summed E-state index contributed by atoms with van der Waals surface area (Å²) in [6.07, 6.45) is -4.40. The van der Waals surface area contributed by atoms with Crippen molar-refractivity contribution in [1.29, 1.82) is 0 Å². The van der Waals surface area contributed by atoms with Crippen molar-refractivity contribution in [2.75, 3.05) is 6.61 Å². The van der Waals surface area contributed by atoms with Gasteiger partial charge >= 0.3 is 12.1 Å². The number of hydrogen-bond donors (Lipinski definition) is 0. The molecule has 0 saturated heterocycles. The molecule has 1 rings (SSSR count). The fourth-order valence-corrected chi connectivity index (χ4v) is 1.07. The van der Waals surface area contributed by atoms with Gasteiger partial charge in [0, 0.05) is 0 Å². The van der Waals surface area contributed by atoms with Crippen molar-refractivity contribution >= 4 is 5.97 Å². The Morgan fingerprint density at radius 1 is 1.50 bits per heavy atom. The molecule has 0 atom stereocenters. The molecule has 90 valence electrons. The number of carbonyl (C=O) groups excluding carboxylic acids is 1. The number of alkyl halides is 3. The van der Waals surface area contributed by atoms with Crippen LogP contribution < -0.4 is 0 Å². The Morgan fingerprint density at radius 3 is 2.62 bits per heavy atom. The Morgan fingerprint density at radius 2 is 2.12 bits per heavy atom. The lowest BCUT2D eigenvalue weighted by Crippen LogP contribution is -2.20. The number of halogens is 3. The van der Waals surface area contributed by atoms with Crippen LogP contribution in [-0.4, -0.2) is 33.7 Å². The van der Waals surface area contributed by atoms with Crippen LogP contribution in [0.5, 0.6) is 0 Å². The molecule has 0 bridgehead atoms.